The van der Waals surface area contributed by atoms with E-state index < -0.39 is 5.97 Å². The normalized spacial score (nSPS) is 14.0. The Morgan fingerprint density at radius 1 is 1.37 bits per heavy atom. The quantitative estimate of drug-likeness (QED) is 0.874. The van der Waals surface area contributed by atoms with Gasteiger partial charge in [0.1, 0.15) is 5.69 Å². The van der Waals surface area contributed by atoms with E-state index in [0.717, 1.165) is 24.3 Å². The van der Waals surface area contributed by atoms with Crippen molar-refractivity contribution >= 4 is 18.0 Å². The molecular formula is C13H12N4O2. The Morgan fingerprint density at radius 2 is 2.26 bits per heavy atom. The minimum Gasteiger partial charge on any atom is -0.477 e. The number of anilines is 1. The van der Waals surface area contributed by atoms with Crippen molar-refractivity contribution in [3.05, 3.63) is 36.0 Å². The third-order valence-electron chi connectivity index (χ3n) is 2.97. The molecule has 3 rings (SSSR count). The molecule has 1 aromatic carbocycles. The molecule has 0 amide bonds. The van der Waals surface area contributed by atoms with Gasteiger partial charge in [-0.15, -0.1) is 0 Å². The summed E-state index contributed by atoms with van der Waals surface area (Å²) in [5.74, 6) is -1.01. The number of hydrogen-bond donors (Lipinski definition) is 2. The Balaban J connectivity index is 1.93. The minimum absolute atomic E-state index is 0.0862. The molecule has 0 spiro atoms. The van der Waals surface area contributed by atoms with Crippen LogP contribution in [-0.2, 0) is 0 Å². The Hall–Kier alpha value is -2.63. The largest absolute Gasteiger partial charge is 0.477 e. The summed E-state index contributed by atoms with van der Waals surface area (Å²) in [7, 11) is 0. The summed E-state index contributed by atoms with van der Waals surface area (Å²) in [6, 6.07) is 9.31. The van der Waals surface area contributed by atoms with Crippen LogP contribution in [0.15, 0.2) is 35.3 Å². The summed E-state index contributed by atoms with van der Waals surface area (Å²) in [4.78, 5) is 17.0. The van der Waals surface area contributed by atoms with Crippen LogP contribution in [0.4, 0.5) is 5.69 Å². The van der Waals surface area contributed by atoms with Crippen molar-refractivity contribution in [1.82, 2.24) is 10.2 Å². The van der Waals surface area contributed by atoms with Gasteiger partial charge in [-0.3, -0.25) is 10.1 Å². The standard InChI is InChI=1S/C13H12N4O2/c18-13(19)12-7-11(15-16-12)9-2-1-3-10(6-9)17-5-4-14-8-17/h1-3,6-8H,4-5H2,(H,15,16)(H,18,19). The molecule has 96 valence electrons. The van der Waals surface area contributed by atoms with E-state index in [1.165, 1.54) is 6.07 Å². The average Bonchev–Trinajstić information content (AvgIpc) is 3.10. The lowest BCUT2D eigenvalue weighted by Gasteiger charge is -2.14. The van der Waals surface area contributed by atoms with Gasteiger partial charge in [-0.05, 0) is 18.2 Å². The molecule has 0 saturated carbocycles. The van der Waals surface area contributed by atoms with Crippen molar-refractivity contribution in [2.75, 3.05) is 18.0 Å². The maximum atomic E-state index is 10.8. The Kier molecular flexibility index (Phi) is 2.75. The van der Waals surface area contributed by atoms with E-state index >= 15 is 0 Å². The van der Waals surface area contributed by atoms with Gasteiger partial charge in [-0.2, -0.15) is 5.10 Å². The molecule has 0 fully saturated rings. The van der Waals surface area contributed by atoms with E-state index in [9.17, 15) is 4.79 Å². The lowest BCUT2D eigenvalue weighted by Crippen LogP contribution is -2.17. The summed E-state index contributed by atoms with van der Waals surface area (Å²) >= 11 is 0. The van der Waals surface area contributed by atoms with Crippen molar-refractivity contribution < 1.29 is 9.90 Å². The Labute approximate surface area is 109 Å². The number of carbonyl (C=O) groups is 1. The first-order chi connectivity index (χ1) is 9.24. The molecule has 2 aromatic rings. The van der Waals surface area contributed by atoms with Gasteiger partial charge >= 0.3 is 5.97 Å². The maximum absolute atomic E-state index is 10.8. The summed E-state index contributed by atoms with van der Waals surface area (Å²) in [5, 5.41) is 15.4. The van der Waals surface area contributed by atoms with Crippen molar-refractivity contribution in [2.24, 2.45) is 4.99 Å². The van der Waals surface area contributed by atoms with Gasteiger partial charge in [0, 0.05) is 17.8 Å². The van der Waals surface area contributed by atoms with E-state index in [1.54, 1.807) is 0 Å². The first kappa shape index (κ1) is 11.5. The number of aliphatic imine (C=N–C) groups is 1. The highest BCUT2D eigenvalue weighted by molar-refractivity contribution is 5.87. The van der Waals surface area contributed by atoms with Gasteiger partial charge in [0.05, 0.1) is 18.6 Å². The molecule has 0 bridgehead atoms. The van der Waals surface area contributed by atoms with Crippen LogP contribution in [0, 0.1) is 0 Å². The average molecular weight is 256 g/mol. The number of hydrogen-bond acceptors (Lipinski definition) is 4. The lowest BCUT2D eigenvalue weighted by molar-refractivity contribution is 0.0690. The van der Waals surface area contributed by atoms with E-state index in [1.807, 2.05) is 35.5 Å². The fourth-order valence-corrected chi connectivity index (χ4v) is 2.00. The zero-order valence-corrected chi connectivity index (χ0v) is 10.1. The summed E-state index contributed by atoms with van der Waals surface area (Å²) in [6.45, 7) is 1.67. The third kappa shape index (κ3) is 2.20. The van der Waals surface area contributed by atoms with Gasteiger partial charge < -0.3 is 10.0 Å². The van der Waals surface area contributed by atoms with Crippen LogP contribution < -0.4 is 4.90 Å². The van der Waals surface area contributed by atoms with Crippen molar-refractivity contribution in [2.45, 2.75) is 0 Å². The highest BCUT2D eigenvalue weighted by Gasteiger charge is 2.12. The fraction of sp³-hybridized carbons (Fsp3) is 0.154. The number of rotatable bonds is 3. The molecule has 19 heavy (non-hydrogen) atoms. The molecular weight excluding hydrogens is 244 g/mol. The van der Waals surface area contributed by atoms with Gasteiger partial charge in [-0.25, -0.2) is 4.79 Å². The SMILES string of the molecule is O=C(O)c1cc(-c2cccc(N3C=NCC3)c2)n[nH]1. The maximum Gasteiger partial charge on any atom is 0.353 e. The van der Waals surface area contributed by atoms with Crippen molar-refractivity contribution in [1.29, 1.82) is 0 Å². The van der Waals surface area contributed by atoms with Crippen LogP contribution in [-0.4, -0.2) is 40.7 Å². The monoisotopic (exact) mass is 256 g/mol. The highest BCUT2D eigenvalue weighted by Crippen LogP contribution is 2.24. The molecule has 1 aliphatic rings. The zero-order chi connectivity index (χ0) is 13.2. The number of aromatic carboxylic acids is 1. The van der Waals surface area contributed by atoms with Crippen LogP contribution >= 0.6 is 0 Å². The predicted octanol–water partition coefficient (Wildman–Crippen LogP) is 1.62. The van der Waals surface area contributed by atoms with Gasteiger partial charge in [0.25, 0.3) is 0 Å². The topological polar surface area (TPSA) is 81.6 Å². The van der Waals surface area contributed by atoms with Crippen molar-refractivity contribution in [3.8, 4) is 11.3 Å². The molecule has 0 atom stereocenters. The van der Waals surface area contributed by atoms with Gasteiger partial charge in [-0.1, -0.05) is 12.1 Å². The predicted molar refractivity (Wildman–Crippen MR) is 71.7 cm³/mol. The number of H-pyrrole nitrogens is 1. The first-order valence-corrected chi connectivity index (χ1v) is 5.90. The second-order valence-corrected chi connectivity index (χ2v) is 4.24. The molecule has 1 aliphatic heterocycles. The van der Waals surface area contributed by atoms with Crippen LogP contribution in [0.3, 0.4) is 0 Å². The second kappa shape index (κ2) is 4.56. The number of nitrogens with zero attached hydrogens (tertiary/aromatic N) is 3. The van der Waals surface area contributed by atoms with E-state index in [-0.39, 0.29) is 5.69 Å². The molecule has 0 saturated heterocycles. The molecule has 2 heterocycles. The summed E-state index contributed by atoms with van der Waals surface area (Å²) < 4.78 is 0. The van der Waals surface area contributed by atoms with E-state index in [4.69, 9.17) is 5.11 Å². The Morgan fingerprint density at radius 3 is 2.95 bits per heavy atom. The molecule has 0 radical (unpaired) electrons. The first-order valence-electron chi connectivity index (χ1n) is 5.90. The van der Waals surface area contributed by atoms with E-state index in [0.29, 0.717) is 5.69 Å². The minimum atomic E-state index is -1.01. The number of benzene rings is 1. The number of aromatic nitrogens is 2. The fourth-order valence-electron chi connectivity index (χ4n) is 2.00. The number of aromatic amines is 1. The van der Waals surface area contributed by atoms with Crippen LogP contribution in [0.2, 0.25) is 0 Å². The second-order valence-electron chi connectivity index (χ2n) is 4.24. The molecule has 1 aromatic heterocycles. The number of carboxylic acids is 1. The van der Waals surface area contributed by atoms with Crippen LogP contribution in [0.1, 0.15) is 10.5 Å². The summed E-state index contributed by atoms with van der Waals surface area (Å²) in [6.07, 6.45) is 1.81. The van der Waals surface area contributed by atoms with Crippen LogP contribution in [0.25, 0.3) is 11.3 Å². The third-order valence-corrected chi connectivity index (χ3v) is 2.97. The van der Waals surface area contributed by atoms with Gasteiger partial charge in [0.2, 0.25) is 0 Å². The van der Waals surface area contributed by atoms with Crippen LogP contribution in [0.5, 0.6) is 0 Å². The van der Waals surface area contributed by atoms with Gasteiger partial charge in [0.15, 0.2) is 0 Å². The van der Waals surface area contributed by atoms with E-state index in [2.05, 4.69) is 15.2 Å². The van der Waals surface area contributed by atoms with Crippen molar-refractivity contribution in [3.63, 3.8) is 0 Å². The number of nitrogens with one attached hydrogen (secondary N) is 1. The smallest absolute Gasteiger partial charge is 0.353 e. The number of carboxylic acid groups (broad SMARTS) is 1. The highest BCUT2D eigenvalue weighted by atomic mass is 16.4. The summed E-state index contributed by atoms with van der Waals surface area (Å²) in [5.41, 5.74) is 2.61. The molecule has 6 nitrogen and oxygen atoms in total. The molecule has 2 N–H and O–H groups in total. The molecule has 0 unspecified atom stereocenters. The molecule has 0 aliphatic carbocycles. The Bertz CT molecular complexity index is 648. The lowest BCUT2D eigenvalue weighted by atomic mass is 10.1. The molecule has 6 heteroatoms. The zero-order valence-electron chi connectivity index (χ0n) is 10.1.